The molecule has 0 amide bonds. The van der Waals surface area contributed by atoms with Gasteiger partial charge in [0.25, 0.3) is 0 Å². The number of aliphatic hydroxyl groups is 2. The molecule has 76 valence electrons. The largest absolute Gasteiger partial charge is 0.399 e. The number of rotatable bonds is 2. The van der Waals surface area contributed by atoms with Crippen molar-refractivity contribution < 1.29 is 14.9 Å². The lowest BCUT2D eigenvalue weighted by atomic mass is 10.0. The summed E-state index contributed by atoms with van der Waals surface area (Å²) in [6, 6.07) is 0. The SMILES string of the molecule is CCOC1(O)C=CC(N)=CC1O.Cl. The Hall–Kier alpha value is -0.550. The average molecular weight is 208 g/mol. The third-order valence-electron chi connectivity index (χ3n) is 1.66. The van der Waals surface area contributed by atoms with Crippen molar-refractivity contribution in [1.82, 2.24) is 0 Å². The van der Waals surface area contributed by atoms with Crippen LogP contribution >= 0.6 is 12.4 Å². The molecule has 0 aromatic carbocycles. The molecule has 0 aromatic heterocycles. The lowest BCUT2D eigenvalue weighted by molar-refractivity contribution is -0.209. The molecule has 0 saturated carbocycles. The Morgan fingerprint density at radius 2 is 2.31 bits per heavy atom. The summed E-state index contributed by atoms with van der Waals surface area (Å²) >= 11 is 0. The molecule has 2 atom stereocenters. The van der Waals surface area contributed by atoms with E-state index in [1.54, 1.807) is 6.92 Å². The average Bonchev–Trinajstić information content (AvgIpc) is 1.99. The van der Waals surface area contributed by atoms with E-state index in [1.165, 1.54) is 18.2 Å². The summed E-state index contributed by atoms with van der Waals surface area (Å²) in [5.41, 5.74) is 5.81. The van der Waals surface area contributed by atoms with E-state index in [2.05, 4.69) is 0 Å². The number of aliphatic hydroxyl groups excluding tert-OH is 1. The normalized spacial score (nSPS) is 32.2. The summed E-state index contributed by atoms with van der Waals surface area (Å²) in [4.78, 5) is 0. The van der Waals surface area contributed by atoms with Crippen LogP contribution in [0.15, 0.2) is 23.9 Å². The van der Waals surface area contributed by atoms with E-state index in [1.807, 2.05) is 0 Å². The standard InChI is InChI=1S/C8H13NO3.ClH/c1-2-12-8(11)4-3-6(9)5-7(8)10;/h3-5,7,10-11H,2,9H2,1H3;1H. The van der Waals surface area contributed by atoms with Gasteiger partial charge in [-0.3, -0.25) is 0 Å². The van der Waals surface area contributed by atoms with Crippen molar-refractivity contribution in [2.75, 3.05) is 6.61 Å². The maximum absolute atomic E-state index is 9.60. The summed E-state index contributed by atoms with van der Waals surface area (Å²) < 4.78 is 4.95. The zero-order valence-corrected chi connectivity index (χ0v) is 8.12. The van der Waals surface area contributed by atoms with Gasteiger partial charge in [-0.1, -0.05) is 0 Å². The molecule has 0 aliphatic heterocycles. The number of nitrogens with two attached hydrogens (primary N) is 1. The summed E-state index contributed by atoms with van der Waals surface area (Å²) in [6.45, 7) is 2.06. The minimum Gasteiger partial charge on any atom is -0.399 e. The minimum absolute atomic E-state index is 0. The van der Waals surface area contributed by atoms with Crippen LogP contribution in [-0.2, 0) is 4.74 Å². The van der Waals surface area contributed by atoms with Gasteiger partial charge in [0.1, 0.15) is 6.10 Å². The number of ether oxygens (including phenoxy) is 1. The summed E-state index contributed by atoms with van der Waals surface area (Å²) in [6.07, 6.45) is 3.09. The van der Waals surface area contributed by atoms with Gasteiger partial charge in [-0.2, -0.15) is 0 Å². The predicted molar refractivity (Wildman–Crippen MR) is 51.2 cm³/mol. The molecule has 1 aliphatic rings. The second-order valence-electron chi connectivity index (χ2n) is 2.63. The summed E-state index contributed by atoms with van der Waals surface area (Å²) in [5.74, 6) is -1.61. The molecule has 1 rings (SSSR count). The highest BCUT2D eigenvalue weighted by Gasteiger charge is 2.34. The van der Waals surface area contributed by atoms with Gasteiger partial charge in [-0.25, -0.2) is 0 Å². The number of hydrogen-bond donors (Lipinski definition) is 3. The van der Waals surface area contributed by atoms with Crippen LogP contribution in [0.5, 0.6) is 0 Å². The van der Waals surface area contributed by atoms with Gasteiger partial charge in [0.2, 0.25) is 5.79 Å². The molecule has 0 radical (unpaired) electrons. The first kappa shape index (κ1) is 12.4. The second kappa shape index (κ2) is 4.62. The number of allylic oxidation sites excluding steroid dienone is 1. The Bertz CT molecular complexity index is 229. The van der Waals surface area contributed by atoms with Crippen LogP contribution in [0.2, 0.25) is 0 Å². The van der Waals surface area contributed by atoms with Gasteiger partial charge >= 0.3 is 0 Å². The van der Waals surface area contributed by atoms with Crippen molar-refractivity contribution in [3.63, 3.8) is 0 Å². The van der Waals surface area contributed by atoms with Crippen LogP contribution < -0.4 is 5.73 Å². The minimum atomic E-state index is -1.61. The topological polar surface area (TPSA) is 75.7 Å². The molecule has 5 heteroatoms. The first-order chi connectivity index (χ1) is 5.58. The van der Waals surface area contributed by atoms with Gasteiger partial charge in [0.05, 0.1) is 0 Å². The van der Waals surface area contributed by atoms with E-state index < -0.39 is 11.9 Å². The highest BCUT2D eigenvalue weighted by molar-refractivity contribution is 5.85. The molecule has 2 unspecified atom stereocenters. The molecule has 0 aromatic rings. The fourth-order valence-corrected chi connectivity index (χ4v) is 1.04. The van der Waals surface area contributed by atoms with Crippen molar-refractivity contribution in [2.45, 2.75) is 18.8 Å². The molecule has 0 fully saturated rings. The van der Waals surface area contributed by atoms with E-state index in [0.29, 0.717) is 12.3 Å². The fraction of sp³-hybridized carbons (Fsp3) is 0.500. The predicted octanol–water partition coefficient (Wildman–Crippen LogP) is -0.0934. The first-order valence-corrected chi connectivity index (χ1v) is 3.79. The zero-order valence-electron chi connectivity index (χ0n) is 7.30. The van der Waals surface area contributed by atoms with Crippen molar-refractivity contribution in [3.05, 3.63) is 23.9 Å². The van der Waals surface area contributed by atoms with E-state index >= 15 is 0 Å². The Balaban J connectivity index is 0.00000144. The summed E-state index contributed by atoms with van der Waals surface area (Å²) in [7, 11) is 0. The highest BCUT2D eigenvalue weighted by atomic mass is 35.5. The molecule has 0 heterocycles. The molecule has 13 heavy (non-hydrogen) atoms. The van der Waals surface area contributed by atoms with Gasteiger partial charge in [0.15, 0.2) is 0 Å². The monoisotopic (exact) mass is 207 g/mol. The van der Waals surface area contributed by atoms with E-state index in [4.69, 9.17) is 10.5 Å². The van der Waals surface area contributed by atoms with Crippen LogP contribution in [0, 0.1) is 0 Å². The van der Waals surface area contributed by atoms with Crippen molar-refractivity contribution in [3.8, 4) is 0 Å². The Morgan fingerprint density at radius 1 is 1.69 bits per heavy atom. The molecule has 4 nitrogen and oxygen atoms in total. The van der Waals surface area contributed by atoms with Gasteiger partial charge in [0, 0.05) is 12.3 Å². The van der Waals surface area contributed by atoms with Crippen LogP contribution in [0.4, 0.5) is 0 Å². The van der Waals surface area contributed by atoms with E-state index in [9.17, 15) is 10.2 Å². The molecule has 4 N–H and O–H groups in total. The molecule has 0 spiro atoms. The lowest BCUT2D eigenvalue weighted by Gasteiger charge is -2.30. The van der Waals surface area contributed by atoms with Crippen LogP contribution in [0.1, 0.15) is 6.92 Å². The first-order valence-electron chi connectivity index (χ1n) is 3.79. The summed E-state index contributed by atoms with van der Waals surface area (Å²) in [5, 5.41) is 18.9. The van der Waals surface area contributed by atoms with Gasteiger partial charge in [-0.15, -0.1) is 12.4 Å². The molecular formula is C8H14ClNO3. The molecule has 0 bridgehead atoms. The molecule has 0 saturated heterocycles. The van der Waals surface area contributed by atoms with Crippen molar-refractivity contribution in [1.29, 1.82) is 0 Å². The maximum Gasteiger partial charge on any atom is 0.216 e. The van der Waals surface area contributed by atoms with Crippen molar-refractivity contribution in [2.24, 2.45) is 5.73 Å². The van der Waals surface area contributed by atoms with E-state index in [-0.39, 0.29) is 12.4 Å². The molecular weight excluding hydrogens is 194 g/mol. The number of hydrogen-bond acceptors (Lipinski definition) is 4. The highest BCUT2D eigenvalue weighted by Crippen LogP contribution is 2.20. The smallest absolute Gasteiger partial charge is 0.216 e. The number of halogens is 1. The third-order valence-corrected chi connectivity index (χ3v) is 1.66. The van der Waals surface area contributed by atoms with Crippen LogP contribution in [-0.4, -0.2) is 28.7 Å². The van der Waals surface area contributed by atoms with Gasteiger partial charge < -0.3 is 20.7 Å². The third kappa shape index (κ3) is 2.70. The lowest BCUT2D eigenvalue weighted by Crippen LogP contribution is -2.44. The Labute approximate surface area is 83.1 Å². The Kier molecular flexibility index (Phi) is 4.43. The van der Waals surface area contributed by atoms with Crippen LogP contribution in [0.25, 0.3) is 0 Å². The Morgan fingerprint density at radius 3 is 2.77 bits per heavy atom. The maximum atomic E-state index is 9.60. The van der Waals surface area contributed by atoms with Crippen LogP contribution in [0.3, 0.4) is 0 Å². The van der Waals surface area contributed by atoms with Gasteiger partial charge in [-0.05, 0) is 25.2 Å². The van der Waals surface area contributed by atoms with Crippen molar-refractivity contribution >= 4 is 12.4 Å². The molecule has 1 aliphatic carbocycles. The van der Waals surface area contributed by atoms with E-state index in [0.717, 1.165) is 0 Å². The quantitative estimate of drug-likeness (QED) is 0.553. The fourth-order valence-electron chi connectivity index (χ4n) is 1.04. The zero-order chi connectivity index (χ0) is 9.19. The second-order valence-corrected chi connectivity index (χ2v) is 2.63.